The maximum Gasteiger partial charge on any atom is 0.338 e. The van der Waals surface area contributed by atoms with Crippen molar-refractivity contribution in [2.75, 3.05) is 33.2 Å². The highest BCUT2D eigenvalue weighted by atomic mass is 35.5. The summed E-state index contributed by atoms with van der Waals surface area (Å²) in [5, 5.41) is 8.82. The number of carbonyl (C=O) groups excluding carboxylic acids is 2. The molecule has 1 unspecified atom stereocenters. The smallest absolute Gasteiger partial charge is 0.338 e. The van der Waals surface area contributed by atoms with E-state index in [1.807, 2.05) is 24.9 Å². The van der Waals surface area contributed by atoms with Crippen LogP contribution in [0.4, 0.5) is 9.18 Å². The fourth-order valence-corrected chi connectivity index (χ4v) is 3.61. The third-order valence-electron chi connectivity index (χ3n) is 5.51. The van der Waals surface area contributed by atoms with Gasteiger partial charge in [0.2, 0.25) is 6.41 Å². The molecule has 0 saturated carbocycles. The number of piperidine rings is 1. The normalized spacial score (nSPS) is 19.6. The molecular formula is C24H33ClFN5O2. The van der Waals surface area contributed by atoms with Crippen LogP contribution in [0.5, 0.6) is 0 Å². The number of amides is 3. The van der Waals surface area contributed by atoms with Crippen molar-refractivity contribution in [3.8, 4) is 0 Å². The Morgan fingerprint density at radius 1 is 1.36 bits per heavy atom. The zero-order chi connectivity index (χ0) is 24.1. The van der Waals surface area contributed by atoms with Crippen LogP contribution < -0.4 is 5.32 Å². The molecule has 9 heteroatoms. The number of hydrogen-bond donors (Lipinski definition) is 1. The van der Waals surface area contributed by atoms with E-state index in [0.717, 1.165) is 31.2 Å². The molecule has 0 spiro atoms. The predicted molar refractivity (Wildman–Crippen MR) is 131 cm³/mol. The second kappa shape index (κ2) is 14.3. The van der Waals surface area contributed by atoms with Crippen LogP contribution in [0.25, 0.3) is 0 Å². The average molecular weight is 478 g/mol. The van der Waals surface area contributed by atoms with Gasteiger partial charge in [-0.2, -0.15) is 5.10 Å². The number of hydrogen-bond acceptors (Lipinski definition) is 4. The molecule has 1 N–H and O–H groups in total. The largest absolute Gasteiger partial charge is 0.376 e. The SMILES string of the molecule is CCC(/C=N/N(CC1CCN(C=O)CC1)C(=O)NC1C=CC=C(F)C=C1)=C\CN(C)/C=C/Cl. The summed E-state index contributed by atoms with van der Waals surface area (Å²) in [4.78, 5) is 27.7. The highest BCUT2D eigenvalue weighted by Gasteiger charge is 2.24. The first kappa shape index (κ1) is 26.4. The van der Waals surface area contributed by atoms with Crippen LogP contribution in [0.1, 0.15) is 26.2 Å². The van der Waals surface area contributed by atoms with Crippen LogP contribution >= 0.6 is 11.6 Å². The molecule has 0 bridgehead atoms. The number of nitrogens with zero attached hydrogens (tertiary/aromatic N) is 4. The summed E-state index contributed by atoms with van der Waals surface area (Å²) in [5.74, 6) is -0.135. The summed E-state index contributed by atoms with van der Waals surface area (Å²) in [6.45, 7) is 4.47. The summed E-state index contributed by atoms with van der Waals surface area (Å²) >= 11 is 5.62. The van der Waals surface area contributed by atoms with Crippen molar-refractivity contribution in [2.45, 2.75) is 32.2 Å². The molecule has 180 valence electrons. The zero-order valence-corrected chi connectivity index (χ0v) is 20.0. The molecule has 33 heavy (non-hydrogen) atoms. The molecule has 3 amide bonds. The van der Waals surface area contributed by atoms with Gasteiger partial charge >= 0.3 is 6.03 Å². The first-order valence-corrected chi connectivity index (χ1v) is 11.6. The molecule has 0 aromatic heterocycles. The third-order valence-corrected chi connectivity index (χ3v) is 5.63. The van der Waals surface area contributed by atoms with Crippen molar-refractivity contribution in [3.05, 3.63) is 59.6 Å². The molecule has 1 fully saturated rings. The second-order valence-corrected chi connectivity index (χ2v) is 8.28. The van der Waals surface area contributed by atoms with Crippen LogP contribution in [0.3, 0.4) is 0 Å². The van der Waals surface area contributed by atoms with Gasteiger partial charge < -0.3 is 15.1 Å². The number of hydrazone groups is 1. The molecule has 0 radical (unpaired) electrons. The minimum absolute atomic E-state index is 0.234. The van der Waals surface area contributed by atoms with Crippen LogP contribution in [0, 0.1) is 5.92 Å². The number of urea groups is 1. The third kappa shape index (κ3) is 9.65. The van der Waals surface area contributed by atoms with Gasteiger partial charge in [0.05, 0.1) is 12.3 Å². The number of nitrogens with one attached hydrogen (secondary N) is 1. The molecule has 0 aromatic rings. The van der Waals surface area contributed by atoms with Gasteiger partial charge in [0.15, 0.2) is 0 Å². The van der Waals surface area contributed by atoms with E-state index < -0.39 is 6.04 Å². The lowest BCUT2D eigenvalue weighted by Crippen LogP contribution is -2.44. The number of likely N-dealkylation sites (tertiary alicyclic amines) is 1. The number of halogens is 2. The highest BCUT2D eigenvalue weighted by molar-refractivity contribution is 6.25. The summed E-state index contributed by atoms with van der Waals surface area (Å²) < 4.78 is 13.4. The van der Waals surface area contributed by atoms with E-state index >= 15 is 0 Å². The summed E-state index contributed by atoms with van der Waals surface area (Å²) in [6.07, 6.45) is 16.3. The van der Waals surface area contributed by atoms with Crippen molar-refractivity contribution < 1.29 is 14.0 Å². The standard InChI is InChI=1S/C24H33ClFN5O2/c1-3-20(9-13-29(2)16-12-25)17-27-31(18-21-10-14-30(19-32)15-11-21)24(33)28-23-6-4-5-22(26)7-8-23/h4-9,12,16-17,19,21,23H,3,10-11,13-15,18H2,1-2H3,(H,28,33)/b16-12+,20-9+,27-17+. The van der Waals surface area contributed by atoms with E-state index in [4.69, 9.17) is 11.6 Å². The number of rotatable bonds is 10. The monoisotopic (exact) mass is 477 g/mol. The Labute approximate surface area is 200 Å². The lowest BCUT2D eigenvalue weighted by atomic mass is 9.97. The molecule has 2 rings (SSSR count). The highest BCUT2D eigenvalue weighted by Crippen LogP contribution is 2.18. The Kier molecular flexibility index (Phi) is 11.4. The minimum atomic E-state index is -0.436. The summed E-state index contributed by atoms with van der Waals surface area (Å²) in [6, 6.07) is -0.794. The van der Waals surface area contributed by atoms with Crippen LogP contribution in [0.2, 0.25) is 0 Å². The molecule has 2 aliphatic rings. The number of allylic oxidation sites excluding steroid dienone is 5. The molecule has 1 saturated heterocycles. The first-order valence-electron chi connectivity index (χ1n) is 11.1. The van der Waals surface area contributed by atoms with Gasteiger partial charge in [-0.15, -0.1) is 0 Å². The molecule has 7 nitrogen and oxygen atoms in total. The Balaban J connectivity index is 2.10. The van der Waals surface area contributed by atoms with Crippen molar-refractivity contribution in [1.29, 1.82) is 0 Å². The van der Waals surface area contributed by atoms with Crippen molar-refractivity contribution in [2.24, 2.45) is 11.0 Å². The lowest BCUT2D eigenvalue weighted by Gasteiger charge is -2.31. The van der Waals surface area contributed by atoms with Crippen molar-refractivity contribution in [3.63, 3.8) is 0 Å². The van der Waals surface area contributed by atoms with Crippen LogP contribution in [-0.2, 0) is 4.79 Å². The molecule has 1 atom stereocenters. The predicted octanol–water partition coefficient (Wildman–Crippen LogP) is 4.18. The molecule has 1 heterocycles. The fraction of sp³-hybridized carbons (Fsp3) is 0.458. The second-order valence-electron chi connectivity index (χ2n) is 8.03. The van der Waals surface area contributed by atoms with Crippen molar-refractivity contribution >= 4 is 30.3 Å². The van der Waals surface area contributed by atoms with Gasteiger partial charge in [-0.25, -0.2) is 14.2 Å². The van der Waals surface area contributed by atoms with E-state index in [2.05, 4.69) is 10.4 Å². The molecule has 0 aromatic carbocycles. The van der Waals surface area contributed by atoms with Gasteiger partial charge in [0.25, 0.3) is 0 Å². The molecule has 1 aliphatic carbocycles. The van der Waals surface area contributed by atoms with Gasteiger partial charge in [0, 0.05) is 45.0 Å². The Morgan fingerprint density at radius 3 is 2.79 bits per heavy atom. The maximum atomic E-state index is 13.4. The van der Waals surface area contributed by atoms with Crippen molar-refractivity contribution in [1.82, 2.24) is 20.1 Å². The van der Waals surface area contributed by atoms with Crippen LogP contribution in [0.15, 0.2) is 64.7 Å². The minimum Gasteiger partial charge on any atom is -0.376 e. The number of likely N-dealkylation sites (N-methyl/N-ethyl adjacent to an activating group) is 1. The lowest BCUT2D eigenvalue weighted by molar-refractivity contribution is -0.119. The number of carbonyl (C=O) groups is 2. The van der Waals surface area contributed by atoms with E-state index in [-0.39, 0.29) is 17.8 Å². The first-order chi connectivity index (χ1) is 15.9. The topological polar surface area (TPSA) is 68.2 Å². The van der Waals surface area contributed by atoms with Gasteiger partial charge in [0.1, 0.15) is 5.83 Å². The average Bonchev–Trinajstić information content (AvgIpc) is 3.02. The summed E-state index contributed by atoms with van der Waals surface area (Å²) in [7, 11) is 1.91. The zero-order valence-electron chi connectivity index (χ0n) is 19.2. The quantitative estimate of drug-likeness (QED) is 0.291. The van der Waals surface area contributed by atoms with Gasteiger partial charge in [-0.05, 0) is 42.9 Å². The van der Waals surface area contributed by atoms with Gasteiger partial charge in [-0.3, -0.25) is 4.79 Å². The van der Waals surface area contributed by atoms with E-state index in [1.54, 1.807) is 35.5 Å². The van der Waals surface area contributed by atoms with E-state index in [1.165, 1.54) is 22.7 Å². The molecule has 1 aliphatic heterocycles. The van der Waals surface area contributed by atoms with Gasteiger partial charge in [-0.1, -0.05) is 42.8 Å². The summed E-state index contributed by atoms with van der Waals surface area (Å²) in [5.41, 5.74) is 2.44. The Hall–Kier alpha value is -2.87. The Bertz CT molecular complexity index is 829. The van der Waals surface area contributed by atoms with Crippen LogP contribution in [-0.4, -0.2) is 72.7 Å². The fourth-order valence-electron chi connectivity index (χ4n) is 3.41. The molecular weight excluding hydrogens is 445 g/mol. The Morgan fingerprint density at radius 2 is 2.12 bits per heavy atom. The maximum absolute atomic E-state index is 13.4. The van der Waals surface area contributed by atoms with E-state index in [9.17, 15) is 14.0 Å². The van der Waals surface area contributed by atoms with E-state index in [0.29, 0.717) is 26.2 Å².